The van der Waals surface area contributed by atoms with Gasteiger partial charge in [-0.3, -0.25) is 14.4 Å². The molecule has 0 aromatic heterocycles. The number of carbonyl (C=O) groups excluding carboxylic acids is 3. The number of unbranched alkanes of at least 4 members (excludes halogenated alkanes) is 1. The number of piperidine rings is 1. The monoisotopic (exact) mass is 566 g/mol. The van der Waals surface area contributed by atoms with Gasteiger partial charge < -0.3 is 15.0 Å². The van der Waals surface area contributed by atoms with Gasteiger partial charge in [0.25, 0.3) is 0 Å². The van der Waals surface area contributed by atoms with Crippen molar-refractivity contribution in [3.8, 4) is 0 Å². The molecule has 2 aliphatic rings. The number of allylic oxidation sites excluding steroid dienone is 1. The van der Waals surface area contributed by atoms with E-state index >= 15 is 0 Å². The van der Waals surface area contributed by atoms with Crippen molar-refractivity contribution in [1.82, 2.24) is 10.2 Å². The lowest BCUT2D eigenvalue weighted by Crippen LogP contribution is -2.55. The molecule has 0 radical (unpaired) electrons. The van der Waals surface area contributed by atoms with Gasteiger partial charge in [-0.25, -0.2) is 0 Å². The maximum atomic E-state index is 14.2. The van der Waals surface area contributed by atoms with Crippen LogP contribution in [0.15, 0.2) is 84.6 Å². The first-order valence-corrected chi connectivity index (χ1v) is 15.1. The van der Waals surface area contributed by atoms with E-state index in [0.717, 1.165) is 47.7 Å². The lowest BCUT2D eigenvalue weighted by Gasteiger charge is -2.51. The molecule has 2 amide bonds. The van der Waals surface area contributed by atoms with Crippen molar-refractivity contribution in [2.45, 2.75) is 65.3 Å². The number of esters is 1. The summed E-state index contributed by atoms with van der Waals surface area (Å²) >= 11 is 0. The van der Waals surface area contributed by atoms with Crippen LogP contribution in [0.3, 0.4) is 0 Å². The van der Waals surface area contributed by atoms with Crippen LogP contribution in [-0.2, 0) is 32.1 Å². The van der Waals surface area contributed by atoms with Gasteiger partial charge in [0.05, 0.1) is 13.7 Å². The summed E-state index contributed by atoms with van der Waals surface area (Å²) in [4.78, 5) is 42.7. The molecule has 3 aromatic rings. The van der Waals surface area contributed by atoms with Gasteiger partial charge in [0.2, 0.25) is 11.8 Å². The number of ether oxygens (including phenoxy) is 1. The molecule has 1 aliphatic heterocycles. The van der Waals surface area contributed by atoms with Crippen LogP contribution < -0.4 is 5.32 Å². The van der Waals surface area contributed by atoms with E-state index in [1.807, 2.05) is 42.5 Å². The second-order valence-corrected chi connectivity index (χ2v) is 12.7. The third-order valence-electron chi connectivity index (χ3n) is 8.89. The summed E-state index contributed by atoms with van der Waals surface area (Å²) in [7, 11) is 1.42. The van der Waals surface area contributed by atoms with Gasteiger partial charge in [0.1, 0.15) is 5.41 Å². The Morgan fingerprint density at radius 2 is 1.71 bits per heavy atom. The highest BCUT2D eigenvalue weighted by atomic mass is 16.5. The first-order chi connectivity index (χ1) is 20.2. The van der Waals surface area contributed by atoms with Crippen LogP contribution in [0.25, 0.3) is 10.8 Å². The molecular formula is C36H42N2O4. The maximum absolute atomic E-state index is 14.2. The zero-order valence-corrected chi connectivity index (χ0v) is 25.0. The smallest absolute Gasteiger partial charge is 0.317 e. The fraction of sp³-hybridized carbons (Fsp3) is 0.417. The van der Waals surface area contributed by atoms with Crippen molar-refractivity contribution in [1.29, 1.82) is 0 Å². The van der Waals surface area contributed by atoms with Gasteiger partial charge in [-0.2, -0.15) is 0 Å². The predicted octanol–water partition coefficient (Wildman–Crippen LogP) is 6.58. The number of aryl methyl sites for hydroxylation is 1. The molecule has 6 heteroatoms. The Morgan fingerprint density at radius 1 is 0.976 bits per heavy atom. The lowest BCUT2D eigenvalue weighted by atomic mass is 9.59. The second-order valence-electron chi connectivity index (χ2n) is 12.7. The molecule has 0 bridgehead atoms. The number of benzene rings is 3. The van der Waals surface area contributed by atoms with Crippen molar-refractivity contribution in [3.63, 3.8) is 0 Å². The highest BCUT2D eigenvalue weighted by molar-refractivity contribution is 5.93. The fourth-order valence-corrected chi connectivity index (χ4v) is 6.94. The molecule has 0 saturated carbocycles. The summed E-state index contributed by atoms with van der Waals surface area (Å²) in [5.74, 6) is -1.20. The van der Waals surface area contributed by atoms with Gasteiger partial charge >= 0.3 is 5.97 Å². The van der Waals surface area contributed by atoms with E-state index in [0.29, 0.717) is 19.5 Å². The Balaban J connectivity index is 1.36. The molecule has 220 valence electrons. The number of methoxy groups -OCH3 is 1. The average Bonchev–Trinajstić information content (AvgIpc) is 2.98. The van der Waals surface area contributed by atoms with Crippen molar-refractivity contribution in [3.05, 3.63) is 95.7 Å². The lowest BCUT2D eigenvalue weighted by molar-refractivity contribution is -0.162. The summed E-state index contributed by atoms with van der Waals surface area (Å²) in [5, 5.41) is 5.20. The number of nitrogens with zero attached hydrogens (tertiary/aromatic N) is 1. The van der Waals surface area contributed by atoms with Gasteiger partial charge in [0.15, 0.2) is 0 Å². The van der Waals surface area contributed by atoms with Gasteiger partial charge in [-0.05, 0) is 65.8 Å². The number of rotatable bonds is 10. The highest BCUT2D eigenvalue weighted by Crippen LogP contribution is 2.55. The van der Waals surface area contributed by atoms with Crippen LogP contribution in [0.1, 0.15) is 63.5 Å². The predicted molar refractivity (Wildman–Crippen MR) is 165 cm³/mol. The van der Waals surface area contributed by atoms with Gasteiger partial charge in [0, 0.05) is 24.6 Å². The number of carbonyl (C=O) groups is 3. The Labute approximate surface area is 249 Å². The van der Waals surface area contributed by atoms with Crippen LogP contribution >= 0.6 is 0 Å². The van der Waals surface area contributed by atoms with Crippen LogP contribution in [0.2, 0.25) is 0 Å². The minimum atomic E-state index is -0.977. The fourth-order valence-electron chi connectivity index (χ4n) is 6.94. The summed E-state index contributed by atoms with van der Waals surface area (Å²) in [5.41, 5.74) is 1.90. The van der Waals surface area contributed by atoms with Crippen molar-refractivity contribution in [2.24, 2.45) is 16.7 Å². The SMILES string of the molecule is COC(=O)[C@@]12C[C@@H](CC(=O)NCCCCc3ccccc3)C(=O)N(Cc3cccc4ccccc34)C1=CCC(C)(C)C2. The summed E-state index contributed by atoms with van der Waals surface area (Å²) < 4.78 is 5.41. The third-order valence-corrected chi connectivity index (χ3v) is 8.89. The number of nitrogens with one attached hydrogen (secondary N) is 1. The van der Waals surface area contributed by atoms with E-state index in [1.165, 1.54) is 12.7 Å². The third kappa shape index (κ3) is 6.28. The molecule has 1 fully saturated rings. The zero-order chi connectivity index (χ0) is 29.7. The Bertz CT molecular complexity index is 1470. The van der Waals surface area contributed by atoms with E-state index in [1.54, 1.807) is 4.90 Å². The zero-order valence-electron chi connectivity index (χ0n) is 25.0. The average molecular weight is 567 g/mol. The first-order valence-electron chi connectivity index (χ1n) is 15.1. The number of fused-ring (bicyclic) bond motifs is 2. The largest absolute Gasteiger partial charge is 0.468 e. The molecule has 1 aliphatic carbocycles. The Hall–Kier alpha value is -3.93. The molecule has 0 spiro atoms. The van der Waals surface area contributed by atoms with Crippen molar-refractivity contribution >= 4 is 28.6 Å². The summed E-state index contributed by atoms with van der Waals surface area (Å²) in [6, 6.07) is 24.5. The molecule has 1 heterocycles. The van der Waals surface area contributed by atoms with Crippen LogP contribution in [-0.4, -0.2) is 36.3 Å². The Kier molecular flexibility index (Phi) is 8.81. The molecule has 0 unspecified atom stereocenters. The molecule has 1 N–H and O–H groups in total. The standard InChI is InChI=1S/C36H42N2O4/c1-35(2)20-19-31-36(25-35,34(41)42-3)23-29(22-32(39)37-21-10-9-14-26-12-5-4-6-13-26)33(40)38(31)24-28-17-11-16-27-15-7-8-18-30(27)28/h4-8,11-13,15-19,29H,9-10,14,20-25H2,1-3H3,(H,37,39)/t29-,36-/m1/s1. The first kappa shape index (κ1) is 29.6. The molecule has 3 aromatic carbocycles. The van der Waals surface area contributed by atoms with E-state index in [4.69, 9.17) is 4.74 Å². The van der Waals surface area contributed by atoms with Crippen molar-refractivity contribution in [2.75, 3.05) is 13.7 Å². The molecule has 1 saturated heterocycles. The van der Waals surface area contributed by atoms with E-state index in [9.17, 15) is 14.4 Å². The maximum Gasteiger partial charge on any atom is 0.317 e. The number of amides is 2. The normalized spacial score (nSPS) is 21.4. The van der Waals surface area contributed by atoms with Crippen LogP contribution in [0.4, 0.5) is 0 Å². The van der Waals surface area contributed by atoms with E-state index in [-0.39, 0.29) is 36.0 Å². The minimum absolute atomic E-state index is 0.0516. The molecule has 5 rings (SSSR count). The molecule has 42 heavy (non-hydrogen) atoms. The minimum Gasteiger partial charge on any atom is -0.468 e. The topological polar surface area (TPSA) is 75.7 Å². The molecule has 2 atom stereocenters. The summed E-state index contributed by atoms with van der Waals surface area (Å²) in [6.45, 7) is 5.19. The second kappa shape index (κ2) is 12.5. The van der Waals surface area contributed by atoms with Crippen LogP contribution in [0.5, 0.6) is 0 Å². The van der Waals surface area contributed by atoms with E-state index in [2.05, 4.69) is 55.6 Å². The molecule has 6 nitrogen and oxygen atoms in total. The Morgan fingerprint density at radius 3 is 2.50 bits per heavy atom. The molecular weight excluding hydrogens is 524 g/mol. The number of hydrogen-bond donors (Lipinski definition) is 1. The van der Waals surface area contributed by atoms with E-state index < -0.39 is 11.3 Å². The summed E-state index contributed by atoms with van der Waals surface area (Å²) in [6.07, 6.45) is 6.51. The number of likely N-dealkylation sites (tertiary alicyclic amines) is 1. The quantitative estimate of drug-likeness (QED) is 0.222. The van der Waals surface area contributed by atoms with Gasteiger partial charge in [-0.15, -0.1) is 0 Å². The van der Waals surface area contributed by atoms with Crippen molar-refractivity contribution < 1.29 is 19.1 Å². The highest BCUT2D eigenvalue weighted by Gasteiger charge is 2.57. The van der Waals surface area contributed by atoms with Gasteiger partial charge in [-0.1, -0.05) is 92.7 Å². The number of hydrogen-bond acceptors (Lipinski definition) is 4. The van der Waals surface area contributed by atoms with Crippen LogP contribution in [0, 0.1) is 16.7 Å².